The largest absolute Gasteiger partial charge is 0.347 e. The lowest BCUT2D eigenvalue weighted by atomic mass is 10.1. The zero-order valence-corrected chi connectivity index (χ0v) is 10.00. The molecule has 0 aliphatic carbocycles. The number of rotatable bonds is 4. The first-order valence-electron chi connectivity index (χ1n) is 5.64. The molecule has 0 radical (unpaired) electrons. The van der Waals surface area contributed by atoms with Crippen molar-refractivity contribution < 1.29 is 4.39 Å². The van der Waals surface area contributed by atoms with Crippen LogP contribution < -0.4 is 5.32 Å². The van der Waals surface area contributed by atoms with Gasteiger partial charge in [-0.1, -0.05) is 12.1 Å². The van der Waals surface area contributed by atoms with E-state index in [2.05, 4.69) is 15.3 Å². The Bertz CT molecular complexity index is 479. The molecule has 2 aromatic rings. The summed E-state index contributed by atoms with van der Waals surface area (Å²) in [6, 6.07) is 5.41. The predicted octanol–water partition coefficient (Wildman–Crippen LogP) is 2.71. The third-order valence-corrected chi connectivity index (χ3v) is 2.78. The molecule has 0 spiro atoms. The molecule has 1 heterocycles. The fraction of sp³-hybridized carbons (Fsp3) is 0.308. The number of H-pyrrole nitrogens is 1. The van der Waals surface area contributed by atoms with Gasteiger partial charge in [0.05, 0.1) is 6.04 Å². The molecule has 1 atom stereocenters. The molecule has 0 amide bonds. The first-order chi connectivity index (χ1) is 8.16. The zero-order valence-electron chi connectivity index (χ0n) is 10.00. The lowest BCUT2D eigenvalue weighted by Crippen LogP contribution is -2.19. The number of hydrogen-bond donors (Lipinski definition) is 2. The summed E-state index contributed by atoms with van der Waals surface area (Å²) in [5.41, 5.74) is 1.61. The van der Waals surface area contributed by atoms with Crippen LogP contribution in [0.1, 0.15) is 29.9 Å². The van der Waals surface area contributed by atoms with Gasteiger partial charge in [0.15, 0.2) is 0 Å². The molecule has 0 fully saturated rings. The highest BCUT2D eigenvalue weighted by molar-refractivity contribution is 5.23. The standard InChI is InChI=1S/C13H16FN3/c1-9-3-4-11(7-12(9)14)8-17-10(2)13-15-5-6-16-13/h3-7,10,17H,8H2,1-2H3,(H,15,16). The van der Waals surface area contributed by atoms with Crippen molar-refractivity contribution in [3.8, 4) is 0 Å². The molecule has 3 nitrogen and oxygen atoms in total. The number of hydrogen-bond acceptors (Lipinski definition) is 2. The minimum Gasteiger partial charge on any atom is -0.347 e. The van der Waals surface area contributed by atoms with Crippen molar-refractivity contribution in [3.05, 3.63) is 53.4 Å². The first-order valence-corrected chi connectivity index (χ1v) is 5.64. The van der Waals surface area contributed by atoms with Crippen LogP contribution in [0.4, 0.5) is 4.39 Å². The molecule has 1 aromatic heterocycles. The maximum Gasteiger partial charge on any atom is 0.126 e. The van der Waals surface area contributed by atoms with Gasteiger partial charge in [0.2, 0.25) is 0 Å². The molecular formula is C13H16FN3. The van der Waals surface area contributed by atoms with Crippen LogP contribution in [0.2, 0.25) is 0 Å². The van der Waals surface area contributed by atoms with Crippen molar-refractivity contribution in [2.45, 2.75) is 26.4 Å². The molecule has 0 aliphatic rings. The Morgan fingerprint density at radius 3 is 2.94 bits per heavy atom. The van der Waals surface area contributed by atoms with Gasteiger partial charge in [-0.15, -0.1) is 0 Å². The van der Waals surface area contributed by atoms with Crippen LogP contribution in [0.15, 0.2) is 30.6 Å². The molecule has 90 valence electrons. The van der Waals surface area contributed by atoms with Crippen molar-refractivity contribution in [3.63, 3.8) is 0 Å². The third kappa shape index (κ3) is 2.91. The smallest absolute Gasteiger partial charge is 0.126 e. The van der Waals surface area contributed by atoms with E-state index in [-0.39, 0.29) is 11.9 Å². The third-order valence-electron chi connectivity index (χ3n) is 2.78. The molecule has 1 aromatic carbocycles. The van der Waals surface area contributed by atoms with Gasteiger partial charge in [-0.05, 0) is 31.0 Å². The molecule has 0 aliphatic heterocycles. The summed E-state index contributed by atoms with van der Waals surface area (Å²) in [6.07, 6.45) is 3.51. The van der Waals surface area contributed by atoms with Gasteiger partial charge < -0.3 is 10.3 Å². The number of aromatic amines is 1. The summed E-state index contributed by atoms with van der Waals surface area (Å²) >= 11 is 0. The summed E-state index contributed by atoms with van der Waals surface area (Å²) in [6.45, 7) is 4.40. The van der Waals surface area contributed by atoms with Gasteiger partial charge in [-0.2, -0.15) is 0 Å². The molecule has 0 bridgehead atoms. The number of imidazole rings is 1. The van der Waals surface area contributed by atoms with E-state index in [9.17, 15) is 4.39 Å². The Morgan fingerprint density at radius 2 is 2.29 bits per heavy atom. The second-order valence-electron chi connectivity index (χ2n) is 4.16. The number of aryl methyl sites for hydroxylation is 1. The molecule has 2 N–H and O–H groups in total. The van der Waals surface area contributed by atoms with E-state index < -0.39 is 0 Å². The molecule has 0 saturated heterocycles. The van der Waals surface area contributed by atoms with Gasteiger partial charge in [0, 0.05) is 18.9 Å². The fourth-order valence-corrected chi connectivity index (χ4v) is 1.63. The molecule has 17 heavy (non-hydrogen) atoms. The van der Waals surface area contributed by atoms with Gasteiger partial charge >= 0.3 is 0 Å². The molecular weight excluding hydrogens is 217 g/mol. The minimum atomic E-state index is -0.157. The van der Waals surface area contributed by atoms with E-state index in [1.165, 1.54) is 0 Å². The van der Waals surface area contributed by atoms with E-state index in [1.54, 1.807) is 31.5 Å². The van der Waals surface area contributed by atoms with Crippen molar-refractivity contribution in [1.82, 2.24) is 15.3 Å². The Balaban J connectivity index is 1.96. The number of aromatic nitrogens is 2. The van der Waals surface area contributed by atoms with Crippen molar-refractivity contribution >= 4 is 0 Å². The first kappa shape index (κ1) is 11.8. The van der Waals surface area contributed by atoms with Crippen molar-refractivity contribution in [2.75, 3.05) is 0 Å². The van der Waals surface area contributed by atoms with Crippen LogP contribution in [0.3, 0.4) is 0 Å². The van der Waals surface area contributed by atoms with Gasteiger partial charge in [0.1, 0.15) is 11.6 Å². The highest BCUT2D eigenvalue weighted by Gasteiger charge is 2.07. The minimum absolute atomic E-state index is 0.120. The Labute approximate surface area is 100 Å². The van der Waals surface area contributed by atoms with Crippen LogP contribution in [0.25, 0.3) is 0 Å². The summed E-state index contributed by atoms with van der Waals surface area (Å²) < 4.78 is 13.3. The summed E-state index contributed by atoms with van der Waals surface area (Å²) in [5, 5.41) is 3.29. The Hall–Kier alpha value is -1.68. The van der Waals surface area contributed by atoms with E-state index in [0.717, 1.165) is 11.4 Å². The van der Waals surface area contributed by atoms with E-state index in [1.807, 2.05) is 13.0 Å². The SMILES string of the molecule is Cc1ccc(CNC(C)c2ncc[nH]2)cc1F. The highest BCUT2D eigenvalue weighted by Crippen LogP contribution is 2.11. The van der Waals surface area contributed by atoms with Gasteiger partial charge in [0.25, 0.3) is 0 Å². The van der Waals surface area contributed by atoms with Crippen LogP contribution in [0.5, 0.6) is 0 Å². The number of nitrogens with zero attached hydrogens (tertiary/aromatic N) is 1. The van der Waals surface area contributed by atoms with E-state index >= 15 is 0 Å². The number of benzene rings is 1. The van der Waals surface area contributed by atoms with Gasteiger partial charge in [-0.25, -0.2) is 9.37 Å². The van der Waals surface area contributed by atoms with Crippen LogP contribution in [0, 0.1) is 12.7 Å². The lowest BCUT2D eigenvalue weighted by molar-refractivity contribution is 0.547. The van der Waals surface area contributed by atoms with E-state index in [4.69, 9.17) is 0 Å². The molecule has 4 heteroatoms. The second kappa shape index (κ2) is 5.10. The molecule has 1 unspecified atom stereocenters. The maximum absolute atomic E-state index is 13.3. The fourth-order valence-electron chi connectivity index (χ4n) is 1.63. The van der Waals surface area contributed by atoms with Crippen molar-refractivity contribution in [1.29, 1.82) is 0 Å². The summed E-state index contributed by atoms with van der Waals surface area (Å²) in [5.74, 6) is 0.729. The zero-order chi connectivity index (χ0) is 12.3. The van der Waals surface area contributed by atoms with Crippen LogP contribution >= 0.6 is 0 Å². The van der Waals surface area contributed by atoms with Crippen LogP contribution in [-0.4, -0.2) is 9.97 Å². The topological polar surface area (TPSA) is 40.7 Å². The van der Waals surface area contributed by atoms with E-state index in [0.29, 0.717) is 12.1 Å². The quantitative estimate of drug-likeness (QED) is 0.852. The Kier molecular flexibility index (Phi) is 3.54. The second-order valence-corrected chi connectivity index (χ2v) is 4.16. The van der Waals surface area contributed by atoms with Crippen molar-refractivity contribution in [2.24, 2.45) is 0 Å². The lowest BCUT2D eigenvalue weighted by Gasteiger charge is -2.11. The average molecular weight is 233 g/mol. The number of nitrogens with one attached hydrogen (secondary N) is 2. The maximum atomic E-state index is 13.3. The average Bonchev–Trinajstić information content (AvgIpc) is 2.84. The summed E-state index contributed by atoms with van der Waals surface area (Å²) in [7, 11) is 0. The van der Waals surface area contributed by atoms with Crippen LogP contribution in [-0.2, 0) is 6.54 Å². The monoisotopic (exact) mass is 233 g/mol. The highest BCUT2D eigenvalue weighted by atomic mass is 19.1. The Morgan fingerprint density at radius 1 is 1.47 bits per heavy atom. The number of halogens is 1. The molecule has 2 rings (SSSR count). The predicted molar refractivity (Wildman–Crippen MR) is 65.0 cm³/mol. The van der Waals surface area contributed by atoms with Gasteiger partial charge in [-0.3, -0.25) is 0 Å². The molecule has 0 saturated carbocycles. The summed E-state index contributed by atoms with van der Waals surface area (Å²) in [4.78, 5) is 7.21. The normalized spacial score (nSPS) is 12.6.